The van der Waals surface area contributed by atoms with Crippen molar-refractivity contribution in [2.75, 3.05) is 29.9 Å². The van der Waals surface area contributed by atoms with Crippen LogP contribution in [0, 0.1) is 0 Å². The normalized spacial score (nSPS) is 15.5. The number of amides is 3. The Morgan fingerprint density at radius 1 is 1.12 bits per heavy atom. The molecular weight excluding hydrogens is 458 g/mol. The number of aromatic nitrogens is 1. The number of thiazole rings is 1. The molecule has 0 radical (unpaired) electrons. The molecule has 168 valence electrons. The number of anilines is 2. The number of benzene rings is 2. The summed E-state index contributed by atoms with van der Waals surface area (Å²) in [7, 11) is 0. The first-order valence-corrected chi connectivity index (χ1v) is 12.2. The monoisotopic (exact) mass is 479 g/mol. The number of nitrogens with zero attached hydrogens (tertiary/aromatic N) is 2. The summed E-state index contributed by atoms with van der Waals surface area (Å²) in [5.74, 6) is -0.351. The summed E-state index contributed by atoms with van der Waals surface area (Å²) in [6.07, 6.45) is 2.20. The molecule has 0 bridgehead atoms. The summed E-state index contributed by atoms with van der Waals surface area (Å²) in [5, 5.41) is 9.54. The van der Waals surface area contributed by atoms with Crippen molar-refractivity contribution >= 4 is 51.6 Å². The van der Waals surface area contributed by atoms with Gasteiger partial charge >= 0.3 is 0 Å². The van der Waals surface area contributed by atoms with Crippen molar-refractivity contribution in [1.29, 1.82) is 0 Å². The largest absolute Gasteiger partial charge is 0.354 e. The van der Waals surface area contributed by atoms with Gasteiger partial charge in [0.2, 0.25) is 5.91 Å². The summed E-state index contributed by atoms with van der Waals surface area (Å²) >= 11 is 3.01. The van der Waals surface area contributed by atoms with E-state index in [9.17, 15) is 14.4 Å². The molecule has 3 N–H and O–H groups in total. The Morgan fingerprint density at radius 2 is 2.00 bits per heavy atom. The maximum absolute atomic E-state index is 12.8. The van der Waals surface area contributed by atoms with Crippen molar-refractivity contribution in [2.45, 2.75) is 22.8 Å². The zero-order valence-corrected chi connectivity index (χ0v) is 19.2. The summed E-state index contributed by atoms with van der Waals surface area (Å²) in [6, 6.07) is 12.8. The van der Waals surface area contributed by atoms with Crippen LogP contribution < -0.4 is 20.9 Å². The molecule has 8 nitrogen and oxygen atoms in total. The van der Waals surface area contributed by atoms with Gasteiger partial charge in [0.05, 0.1) is 17.8 Å². The molecule has 0 atom stereocenters. The third-order valence-electron chi connectivity index (χ3n) is 5.39. The zero-order chi connectivity index (χ0) is 22.8. The van der Waals surface area contributed by atoms with Crippen LogP contribution in [0.2, 0.25) is 0 Å². The summed E-state index contributed by atoms with van der Waals surface area (Å²) < 4.78 is 0. The van der Waals surface area contributed by atoms with Crippen LogP contribution in [0.4, 0.5) is 10.8 Å². The molecule has 0 aliphatic carbocycles. The summed E-state index contributed by atoms with van der Waals surface area (Å²) in [5.41, 5.74) is 1.72. The molecule has 33 heavy (non-hydrogen) atoms. The van der Waals surface area contributed by atoms with E-state index in [0.29, 0.717) is 49.4 Å². The number of carbonyl (C=O) groups is 3. The first-order chi connectivity index (χ1) is 16.1. The molecule has 3 amide bonds. The minimum absolute atomic E-state index is 0.0563. The molecule has 3 heterocycles. The number of carbonyl (C=O) groups excluding carboxylic acids is 3. The van der Waals surface area contributed by atoms with E-state index in [2.05, 4.69) is 25.8 Å². The van der Waals surface area contributed by atoms with Gasteiger partial charge < -0.3 is 20.9 Å². The van der Waals surface area contributed by atoms with Gasteiger partial charge in [-0.2, -0.15) is 0 Å². The fourth-order valence-corrected chi connectivity index (χ4v) is 5.57. The van der Waals surface area contributed by atoms with Gasteiger partial charge in [0.15, 0.2) is 5.13 Å². The van der Waals surface area contributed by atoms with E-state index in [1.165, 1.54) is 23.1 Å². The van der Waals surface area contributed by atoms with Crippen LogP contribution >= 0.6 is 23.1 Å². The van der Waals surface area contributed by atoms with Crippen LogP contribution in [-0.4, -0.2) is 42.3 Å². The molecule has 2 aliphatic rings. The number of hydrogen-bond acceptors (Lipinski definition) is 7. The number of fused-ring (bicyclic) bond motifs is 2. The molecule has 1 saturated heterocycles. The van der Waals surface area contributed by atoms with E-state index in [-0.39, 0.29) is 17.7 Å². The van der Waals surface area contributed by atoms with E-state index < -0.39 is 0 Å². The van der Waals surface area contributed by atoms with Crippen LogP contribution in [0.25, 0.3) is 0 Å². The average Bonchev–Trinajstić information content (AvgIpc) is 3.12. The number of hydrogen-bond donors (Lipinski definition) is 3. The predicted octanol–water partition coefficient (Wildman–Crippen LogP) is 3.12. The maximum atomic E-state index is 12.8. The second kappa shape index (κ2) is 9.24. The molecule has 3 aromatic rings. The van der Waals surface area contributed by atoms with E-state index >= 15 is 0 Å². The summed E-state index contributed by atoms with van der Waals surface area (Å²) in [6.45, 7) is 2.30. The minimum Gasteiger partial charge on any atom is -0.354 e. The Bertz CT molecular complexity index is 1240. The highest BCUT2D eigenvalue weighted by Crippen LogP contribution is 2.39. The van der Waals surface area contributed by atoms with Gasteiger partial charge in [0, 0.05) is 52.5 Å². The zero-order valence-electron chi connectivity index (χ0n) is 17.6. The lowest BCUT2D eigenvalue weighted by Crippen LogP contribution is -2.28. The van der Waals surface area contributed by atoms with Crippen LogP contribution in [-0.2, 0) is 11.3 Å². The second-order valence-electron chi connectivity index (χ2n) is 7.64. The predicted molar refractivity (Wildman–Crippen MR) is 128 cm³/mol. The molecule has 5 rings (SSSR count). The smallest absolute Gasteiger partial charge is 0.256 e. The van der Waals surface area contributed by atoms with Crippen LogP contribution in [0.3, 0.4) is 0 Å². The Morgan fingerprint density at radius 3 is 2.91 bits per heavy atom. The Balaban J connectivity index is 1.24. The summed E-state index contributed by atoms with van der Waals surface area (Å²) in [4.78, 5) is 46.1. The Kier molecular flexibility index (Phi) is 6.01. The van der Waals surface area contributed by atoms with E-state index in [1.54, 1.807) is 24.4 Å². The lowest BCUT2D eigenvalue weighted by Gasteiger charge is -2.17. The van der Waals surface area contributed by atoms with Crippen molar-refractivity contribution < 1.29 is 14.4 Å². The molecule has 0 saturated carbocycles. The first kappa shape index (κ1) is 21.5. The van der Waals surface area contributed by atoms with Crippen LogP contribution in [0.15, 0.2) is 58.5 Å². The second-order valence-corrected chi connectivity index (χ2v) is 9.82. The Labute approximate surface area is 198 Å². The van der Waals surface area contributed by atoms with Crippen molar-refractivity contribution in [2.24, 2.45) is 0 Å². The molecule has 1 aromatic heterocycles. The number of nitrogens with one attached hydrogen (secondary N) is 3. The molecule has 1 fully saturated rings. The van der Waals surface area contributed by atoms with Gasteiger partial charge in [-0.3, -0.25) is 14.4 Å². The van der Waals surface area contributed by atoms with Gasteiger partial charge in [-0.15, -0.1) is 11.3 Å². The molecule has 10 heteroatoms. The van der Waals surface area contributed by atoms with Gasteiger partial charge in [0.1, 0.15) is 0 Å². The highest BCUT2D eigenvalue weighted by molar-refractivity contribution is 7.99. The van der Waals surface area contributed by atoms with Crippen molar-refractivity contribution in [3.8, 4) is 0 Å². The maximum Gasteiger partial charge on any atom is 0.256 e. The lowest BCUT2D eigenvalue weighted by atomic mass is 10.1. The van der Waals surface area contributed by atoms with Crippen molar-refractivity contribution in [3.63, 3.8) is 0 Å². The minimum atomic E-state index is -0.224. The van der Waals surface area contributed by atoms with Crippen molar-refractivity contribution in [3.05, 3.63) is 64.7 Å². The Hall–Kier alpha value is -3.37. The molecule has 0 spiro atoms. The topological polar surface area (TPSA) is 103 Å². The molecule has 2 aromatic carbocycles. The first-order valence-electron chi connectivity index (χ1n) is 10.5. The van der Waals surface area contributed by atoms with Gasteiger partial charge in [0.25, 0.3) is 11.8 Å². The van der Waals surface area contributed by atoms with Crippen LogP contribution in [0.5, 0.6) is 0 Å². The molecule has 2 aliphatic heterocycles. The third kappa shape index (κ3) is 4.71. The van der Waals surface area contributed by atoms with Gasteiger partial charge in [-0.1, -0.05) is 23.9 Å². The third-order valence-corrected chi connectivity index (χ3v) is 7.60. The van der Waals surface area contributed by atoms with E-state index in [0.717, 1.165) is 19.8 Å². The molecule has 0 unspecified atom stereocenters. The fraction of sp³-hybridized carbons (Fsp3) is 0.217. The highest BCUT2D eigenvalue weighted by Gasteiger charge is 2.21. The quantitative estimate of drug-likeness (QED) is 0.531. The standard InChI is InChI=1S/C23H21N5O3S2/c29-20-7-9-28(10-8-24-20)23-26-13-15(32-23)12-25-21(30)14-5-6-19-17(11-14)27-22(31)16-3-1-2-4-18(16)33-19/h1-6,11,13H,7-10,12H2,(H,24,29)(H,25,30)(H,27,31). The van der Waals surface area contributed by atoms with Crippen molar-refractivity contribution in [1.82, 2.24) is 15.6 Å². The van der Waals surface area contributed by atoms with Gasteiger partial charge in [-0.05, 0) is 30.3 Å². The average molecular weight is 480 g/mol. The van der Waals surface area contributed by atoms with E-state index in [1.807, 2.05) is 24.3 Å². The number of rotatable bonds is 4. The van der Waals surface area contributed by atoms with Gasteiger partial charge in [-0.25, -0.2) is 4.98 Å². The SMILES string of the molecule is O=C1CCN(c2ncc(CNC(=O)c3ccc4c(c3)NC(=O)c3ccccc3S4)s2)CCN1. The van der Waals surface area contributed by atoms with E-state index in [4.69, 9.17) is 0 Å². The lowest BCUT2D eigenvalue weighted by molar-refractivity contribution is -0.120. The molecular formula is C23H21N5O3S2. The fourth-order valence-electron chi connectivity index (χ4n) is 3.66. The highest BCUT2D eigenvalue weighted by atomic mass is 32.2. The van der Waals surface area contributed by atoms with Crippen LogP contribution in [0.1, 0.15) is 32.0 Å².